The molecule has 0 amide bonds. The molecule has 10 nitrogen and oxygen atoms in total. The van der Waals surface area contributed by atoms with Crippen LogP contribution in [0.5, 0.6) is 0 Å². The Hall–Kier alpha value is -0.400. The number of aliphatic hydroxyl groups excluding tert-OH is 3. The molecule has 10 unspecified atom stereocenters. The second-order valence-electron chi connectivity index (χ2n) is 10.6. The fourth-order valence-corrected chi connectivity index (χ4v) is 5.68. The Balaban J connectivity index is 1.85. The Morgan fingerprint density at radius 3 is 1.84 bits per heavy atom. The minimum atomic E-state index is -1.13. The third-order valence-electron chi connectivity index (χ3n) is 7.88. The first-order valence-corrected chi connectivity index (χ1v) is 14.4. The zero-order chi connectivity index (χ0) is 27.9. The quantitative estimate of drug-likeness (QED) is 0.207. The van der Waals surface area contributed by atoms with Crippen LogP contribution < -0.4 is 0 Å². The predicted molar refractivity (Wildman–Crippen MR) is 142 cm³/mol. The van der Waals surface area contributed by atoms with E-state index in [1.165, 1.54) is 59.2 Å². The first-order chi connectivity index (χ1) is 18.4. The minimum Gasteiger partial charge on any atom is -0.388 e. The fourth-order valence-electron chi connectivity index (χ4n) is 5.68. The highest BCUT2D eigenvalue weighted by Gasteiger charge is 2.48. The molecule has 1 aliphatic carbocycles. The average molecular weight is 551 g/mol. The summed E-state index contributed by atoms with van der Waals surface area (Å²) in [5, 5.41) is 32.4. The summed E-state index contributed by atoms with van der Waals surface area (Å²) in [5.41, 5.74) is 0. The van der Waals surface area contributed by atoms with Crippen molar-refractivity contribution in [2.45, 2.75) is 126 Å². The average Bonchev–Trinajstić information content (AvgIpc) is 2.91. The molecule has 0 aromatic heterocycles. The molecular weight excluding hydrogens is 496 g/mol. The first kappa shape index (κ1) is 33.8. The highest BCUT2D eigenvalue weighted by Crippen LogP contribution is 2.32. The number of methoxy groups -OCH3 is 4. The summed E-state index contributed by atoms with van der Waals surface area (Å²) in [6, 6.07) is 0. The van der Waals surface area contributed by atoms with Crippen LogP contribution in [0.15, 0.2) is 0 Å². The summed E-state index contributed by atoms with van der Waals surface area (Å²) in [6.07, 6.45) is 4.02. The summed E-state index contributed by atoms with van der Waals surface area (Å²) < 4.78 is 39.7. The van der Waals surface area contributed by atoms with Gasteiger partial charge >= 0.3 is 0 Å². The molecule has 10 atom stereocenters. The highest BCUT2D eigenvalue weighted by molar-refractivity contribution is 4.96. The van der Waals surface area contributed by atoms with E-state index in [1.807, 2.05) is 0 Å². The lowest BCUT2D eigenvalue weighted by atomic mass is 9.80. The predicted octanol–water partition coefficient (Wildman–Crippen LogP) is 2.44. The van der Waals surface area contributed by atoms with Crippen molar-refractivity contribution in [1.82, 2.24) is 0 Å². The van der Waals surface area contributed by atoms with Crippen LogP contribution in [0, 0.1) is 5.92 Å². The number of ether oxygens (including phenoxy) is 7. The molecule has 38 heavy (non-hydrogen) atoms. The fraction of sp³-hybridized carbons (Fsp3) is 1.00. The van der Waals surface area contributed by atoms with E-state index in [1.54, 1.807) is 14.2 Å². The maximum Gasteiger partial charge on any atom is 0.186 e. The minimum absolute atomic E-state index is 0.0127. The van der Waals surface area contributed by atoms with E-state index in [0.29, 0.717) is 19.6 Å². The van der Waals surface area contributed by atoms with Crippen LogP contribution in [-0.4, -0.2) is 119 Å². The number of hydrogen-bond donors (Lipinski definition) is 3. The maximum absolute atomic E-state index is 10.9. The SMILES string of the molecule is CCCCCCCCCCCOC1OC(COC2CC(COC)C(OC)C(OC)C2O)C(O)C(OC)C1O. The molecule has 0 spiro atoms. The van der Waals surface area contributed by atoms with Crippen molar-refractivity contribution in [2.75, 3.05) is 48.3 Å². The maximum atomic E-state index is 10.9. The lowest BCUT2D eigenvalue weighted by molar-refractivity contribution is -0.310. The molecule has 1 saturated heterocycles. The molecule has 10 heteroatoms. The van der Waals surface area contributed by atoms with E-state index in [2.05, 4.69) is 6.92 Å². The van der Waals surface area contributed by atoms with Crippen molar-refractivity contribution in [3.05, 3.63) is 0 Å². The van der Waals surface area contributed by atoms with Crippen LogP contribution >= 0.6 is 0 Å². The van der Waals surface area contributed by atoms with Gasteiger partial charge in [-0.2, -0.15) is 0 Å². The molecule has 0 radical (unpaired) electrons. The molecule has 2 aliphatic rings. The van der Waals surface area contributed by atoms with E-state index in [-0.39, 0.29) is 18.6 Å². The van der Waals surface area contributed by atoms with E-state index >= 15 is 0 Å². The van der Waals surface area contributed by atoms with Gasteiger partial charge in [0.15, 0.2) is 6.29 Å². The van der Waals surface area contributed by atoms with E-state index < -0.39 is 49.0 Å². The molecule has 2 rings (SSSR count). The van der Waals surface area contributed by atoms with Gasteiger partial charge in [0.05, 0.1) is 25.4 Å². The number of unbranched alkanes of at least 4 members (excludes halogenated alkanes) is 8. The standard InChI is InChI=1S/C28H54O10/c1-6-7-8-9-10-11-12-13-14-15-36-28-24(31)26(34-4)23(30)21(38-28)18-37-20-16-19(17-32-2)25(33-3)27(35-5)22(20)29/h19-31H,6-18H2,1-5H3. The summed E-state index contributed by atoms with van der Waals surface area (Å²) >= 11 is 0. The molecule has 0 aromatic rings. The molecule has 1 saturated carbocycles. The van der Waals surface area contributed by atoms with Crippen LogP contribution in [-0.2, 0) is 33.2 Å². The lowest BCUT2D eigenvalue weighted by Crippen LogP contribution is -2.61. The second-order valence-corrected chi connectivity index (χ2v) is 10.6. The zero-order valence-corrected chi connectivity index (χ0v) is 24.2. The lowest BCUT2D eigenvalue weighted by Gasteiger charge is -2.45. The third-order valence-corrected chi connectivity index (χ3v) is 7.88. The largest absolute Gasteiger partial charge is 0.388 e. The number of aliphatic hydroxyl groups is 3. The Labute approximate surface area is 229 Å². The molecule has 1 aliphatic heterocycles. The van der Waals surface area contributed by atoms with Crippen molar-refractivity contribution in [1.29, 1.82) is 0 Å². The van der Waals surface area contributed by atoms with Gasteiger partial charge in [-0.25, -0.2) is 0 Å². The highest BCUT2D eigenvalue weighted by atomic mass is 16.7. The van der Waals surface area contributed by atoms with Crippen LogP contribution in [0.4, 0.5) is 0 Å². The van der Waals surface area contributed by atoms with Gasteiger partial charge in [-0.3, -0.25) is 0 Å². The van der Waals surface area contributed by atoms with Gasteiger partial charge in [0.1, 0.15) is 36.6 Å². The molecule has 1 heterocycles. The monoisotopic (exact) mass is 550 g/mol. The van der Waals surface area contributed by atoms with E-state index in [4.69, 9.17) is 33.2 Å². The smallest absolute Gasteiger partial charge is 0.186 e. The van der Waals surface area contributed by atoms with E-state index in [9.17, 15) is 15.3 Å². The Kier molecular flexibility index (Phi) is 16.8. The number of hydrogen-bond acceptors (Lipinski definition) is 10. The molecule has 3 N–H and O–H groups in total. The summed E-state index contributed by atoms with van der Waals surface area (Å²) in [6.45, 7) is 3.10. The normalized spacial score (nSPS) is 36.0. The first-order valence-electron chi connectivity index (χ1n) is 14.4. The van der Waals surface area contributed by atoms with Gasteiger partial charge in [-0.1, -0.05) is 58.3 Å². The molecule has 0 aromatic carbocycles. The number of rotatable bonds is 19. The Morgan fingerprint density at radius 1 is 0.658 bits per heavy atom. The Bertz CT molecular complexity index is 596. The van der Waals surface area contributed by atoms with Crippen molar-refractivity contribution < 1.29 is 48.5 Å². The van der Waals surface area contributed by atoms with Gasteiger partial charge in [-0.05, 0) is 12.8 Å². The van der Waals surface area contributed by atoms with Crippen LogP contribution in [0.2, 0.25) is 0 Å². The van der Waals surface area contributed by atoms with Gasteiger partial charge in [0.2, 0.25) is 0 Å². The van der Waals surface area contributed by atoms with Crippen molar-refractivity contribution >= 4 is 0 Å². The van der Waals surface area contributed by atoms with E-state index in [0.717, 1.165) is 12.8 Å². The van der Waals surface area contributed by atoms with Gasteiger partial charge in [0.25, 0.3) is 0 Å². The summed E-state index contributed by atoms with van der Waals surface area (Å²) in [7, 11) is 6.17. The summed E-state index contributed by atoms with van der Waals surface area (Å²) in [4.78, 5) is 0. The molecule has 2 fully saturated rings. The van der Waals surface area contributed by atoms with Crippen LogP contribution in [0.3, 0.4) is 0 Å². The van der Waals surface area contributed by atoms with Crippen molar-refractivity contribution in [3.8, 4) is 0 Å². The van der Waals surface area contributed by atoms with Gasteiger partial charge in [0, 0.05) is 41.0 Å². The Morgan fingerprint density at radius 2 is 1.26 bits per heavy atom. The molecule has 226 valence electrons. The second kappa shape index (κ2) is 18.9. The van der Waals surface area contributed by atoms with Gasteiger partial charge in [-0.15, -0.1) is 0 Å². The zero-order valence-electron chi connectivity index (χ0n) is 24.2. The third kappa shape index (κ3) is 9.90. The van der Waals surface area contributed by atoms with Gasteiger partial charge < -0.3 is 48.5 Å². The summed E-state index contributed by atoms with van der Waals surface area (Å²) in [5.74, 6) is -0.0403. The van der Waals surface area contributed by atoms with Crippen molar-refractivity contribution in [2.24, 2.45) is 5.92 Å². The topological polar surface area (TPSA) is 125 Å². The molecular formula is C28H54O10. The van der Waals surface area contributed by atoms with Crippen LogP contribution in [0.25, 0.3) is 0 Å². The van der Waals surface area contributed by atoms with Crippen LogP contribution in [0.1, 0.15) is 71.1 Å². The molecule has 0 bridgehead atoms. The van der Waals surface area contributed by atoms with Crippen molar-refractivity contribution in [3.63, 3.8) is 0 Å².